The Kier molecular flexibility index (Phi) is 10.3. The summed E-state index contributed by atoms with van der Waals surface area (Å²) in [6.07, 6.45) is 0.147. The summed E-state index contributed by atoms with van der Waals surface area (Å²) >= 11 is 0. The Labute approximate surface area is 149 Å². The Morgan fingerprint density at radius 3 is 2.46 bits per heavy atom. The van der Waals surface area contributed by atoms with Gasteiger partial charge in [0.15, 0.2) is 0 Å². The van der Waals surface area contributed by atoms with Crippen molar-refractivity contribution in [3.05, 3.63) is 29.8 Å². The van der Waals surface area contributed by atoms with Crippen molar-refractivity contribution in [1.29, 1.82) is 0 Å². The van der Waals surface area contributed by atoms with Gasteiger partial charge in [0.2, 0.25) is 11.8 Å². The average Bonchev–Trinajstić information content (AvgIpc) is 2.50. The van der Waals surface area contributed by atoms with Crippen LogP contribution in [0.3, 0.4) is 0 Å². The number of ether oxygens (including phenoxy) is 1. The smallest absolute Gasteiger partial charge is 0.243 e. The quantitative estimate of drug-likeness (QED) is 0.664. The van der Waals surface area contributed by atoms with E-state index in [0.717, 1.165) is 5.56 Å². The molecule has 0 spiro atoms. The third-order valence-electron chi connectivity index (χ3n) is 3.24. The molecule has 6 nitrogen and oxygen atoms in total. The number of nitrogens with one attached hydrogen (secondary N) is 2. The maximum atomic E-state index is 11.9. The molecule has 0 bridgehead atoms. The number of nitrogens with two attached hydrogens (primary N) is 1. The first-order valence-electron chi connectivity index (χ1n) is 7.83. The highest BCUT2D eigenvalue weighted by molar-refractivity contribution is 5.95. The van der Waals surface area contributed by atoms with Crippen molar-refractivity contribution >= 4 is 29.9 Å². The second kappa shape index (κ2) is 11.0. The van der Waals surface area contributed by atoms with E-state index in [-0.39, 0.29) is 42.8 Å². The van der Waals surface area contributed by atoms with E-state index < -0.39 is 6.04 Å². The summed E-state index contributed by atoms with van der Waals surface area (Å²) in [6.45, 7) is 8.03. The van der Waals surface area contributed by atoms with Crippen LogP contribution in [-0.4, -0.2) is 30.5 Å². The van der Waals surface area contributed by atoms with E-state index in [9.17, 15) is 9.59 Å². The lowest BCUT2D eigenvalue weighted by Crippen LogP contribution is -2.46. The predicted octanol–water partition coefficient (Wildman–Crippen LogP) is 2.07. The van der Waals surface area contributed by atoms with Gasteiger partial charge in [0, 0.05) is 5.69 Å². The largest absolute Gasteiger partial charge is 0.374 e. The molecule has 0 heterocycles. The van der Waals surface area contributed by atoms with Crippen LogP contribution in [0.15, 0.2) is 24.3 Å². The number of hydrogen-bond acceptors (Lipinski definition) is 4. The van der Waals surface area contributed by atoms with Crippen LogP contribution >= 0.6 is 12.4 Å². The monoisotopic (exact) mass is 357 g/mol. The molecule has 136 valence electrons. The van der Waals surface area contributed by atoms with E-state index in [1.165, 1.54) is 0 Å². The maximum absolute atomic E-state index is 11.9. The van der Waals surface area contributed by atoms with Crippen LogP contribution in [0.5, 0.6) is 0 Å². The van der Waals surface area contributed by atoms with E-state index in [2.05, 4.69) is 10.6 Å². The minimum Gasteiger partial charge on any atom is -0.374 e. The van der Waals surface area contributed by atoms with Gasteiger partial charge < -0.3 is 21.1 Å². The van der Waals surface area contributed by atoms with Crippen LogP contribution in [0, 0.1) is 5.92 Å². The standard InChI is InChI=1S/C17H27N3O3.ClH/c1-11(2)16(18)17(22)19-9-15(21)20-14-7-5-6-13(8-14)10-23-12(3)4;/h5-8,11-12,16H,9-10,18H2,1-4H3,(H,19,22)(H,20,21);1H/t16-;/m0./s1. The molecule has 24 heavy (non-hydrogen) atoms. The molecule has 1 rings (SSSR count). The fourth-order valence-electron chi connectivity index (χ4n) is 1.79. The van der Waals surface area contributed by atoms with Crippen LogP contribution < -0.4 is 16.4 Å². The summed E-state index contributed by atoms with van der Waals surface area (Å²) in [7, 11) is 0. The van der Waals surface area contributed by atoms with Gasteiger partial charge in [-0.25, -0.2) is 0 Å². The van der Waals surface area contributed by atoms with Gasteiger partial charge in [-0.1, -0.05) is 26.0 Å². The van der Waals surface area contributed by atoms with Crippen LogP contribution in [0.1, 0.15) is 33.3 Å². The zero-order chi connectivity index (χ0) is 17.4. The van der Waals surface area contributed by atoms with Gasteiger partial charge in [0.1, 0.15) is 0 Å². The minimum absolute atomic E-state index is 0. The number of anilines is 1. The molecule has 2 amide bonds. The van der Waals surface area contributed by atoms with Gasteiger partial charge in [-0.2, -0.15) is 0 Å². The van der Waals surface area contributed by atoms with Crippen molar-refractivity contribution in [2.45, 2.75) is 46.4 Å². The summed E-state index contributed by atoms with van der Waals surface area (Å²) in [5.41, 5.74) is 7.36. The Morgan fingerprint density at radius 1 is 1.21 bits per heavy atom. The third-order valence-corrected chi connectivity index (χ3v) is 3.24. The van der Waals surface area contributed by atoms with Crippen LogP contribution in [0.2, 0.25) is 0 Å². The molecule has 0 aromatic heterocycles. The van der Waals surface area contributed by atoms with Crippen molar-refractivity contribution in [3.63, 3.8) is 0 Å². The number of hydrogen-bond donors (Lipinski definition) is 3. The number of amides is 2. The van der Waals surface area contributed by atoms with Gasteiger partial charge in [0.25, 0.3) is 0 Å². The minimum atomic E-state index is -0.612. The Balaban J connectivity index is 0.00000529. The molecule has 1 atom stereocenters. The summed E-state index contributed by atoms with van der Waals surface area (Å²) in [4.78, 5) is 23.6. The molecular formula is C17H28ClN3O3. The van der Waals surface area contributed by atoms with E-state index in [1.54, 1.807) is 6.07 Å². The average molecular weight is 358 g/mol. The van der Waals surface area contributed by atoms with Crippen molar-refractivity contribution in [2.75, 3.05) is 11.9 Å². The molecule has 0 saturated heterocycles. The molecule has 0 fully saturated rings. The van der Waals surface area contributed by atoms with Crippen LogP contribution in [0.25, 0.3) is 0 Å². The summed E-state index contributed by atoms with van der Waals surface area (Å²) in [6, 6.07) is 6.81. The van der Waals surface area contributed by atoms with E-state index >= 15 is 0 Å². The molecular weight excluding hydrogens is 330 g/mol. The normalized spacial score (nSPS) is 11.8. The fourth-order valence-corrected chi connectivity index (χ4v) is 1.79. The van der Waals surface area contributed by atoms with Crippen molar-refractivity contribution in [2.24, 2.45) is 11.7 Å². The lowest BCUT2D eigenvalue weighted by atomic mass is 10.1. The number of carbonyl (C=O) groups is 2. The van der Waals surface area contributed by atoms with Crippen LogP contribution in [0.4, 0.5) is 5.69 Å². The first-order chi connectivity index (χ1) is 10.8. The predicted molar refractivity (Wildman–Crippen MR) is 98.1 cm³/mol. The molecule has 0 saturated carbocycles. The van der Waals surface area contributed by atoms with E-state index in [4.69, 9.17) is 10.5 Å². The zero-order valence-corrected chi connectivity index (χ0v) is 15.5. The number of rotatable bonds is 8. The number of benzene rings is 1. The molecule has 7 heteroatoms. The summed E-state index contributed by atoms with van der Waals surface area (Å²) in [5.74, 6) is -0.596. The van der Waals surface area contributed by atoms with E-state index in [1.807, 2.05) is 45.9 Å². The molecule has 0 unspecified atom stereocenters. The highest BCUT2D eigenvalue weighted by Gasteiger charge is 2.17. The van der Waals surface area contributed by atoms with Gasteiger partial charge >= 0.3 is 0 Å². The van der Waals surface area contributed by atoms with Crippen LogP contribution in [-0.2, 0) is 20.9 Å². The van der Waals surface area contributed by atoms with Crippen molar-refractivity contribution in [1.82, 2.24) is 5.32 Å². The van der Waals surface area contributed by atoms with Gasteiger partial charge in [-0.15, -0.1) is 12.4 Å². The molecule has 0 aliphatic carbocycles. The summed E-state index contributed by atoms with van der Waals surface area (Å²) < 4.78 is 5.53. The molecule has 1 aromatic rings. The van der Waals surface area contributed by atoms with E-state index in [0.29, 0.717) is 12.3 Å². The van der Waals surface area contributed by atoms with Crippen molar-refractivity contribution in [3.8, 4) is 0 Å². The molecule has 1 aromatic carbocycles. The zero-order valence-electron chi connectivity index (χ0n) is 14.7. The second-order valence-corrected chi connectivity index (χ2v) is 6.10. The lowest BCUT2D eigenvalue weighted by molar-refractivity contribution is -0.125. The summed E-state index contributed by atoms with van der Waals surface area (Å²) in [5, 5.41) is 5.28. The van der Waals surface area contributed by atoms with Crippen molar-refractivity contribution < 1.29 is 14.3 Å². The molecule has 4 N–H and O–H groups in total. The number of halogens is 1. The second-order valence-electron chi connectivity index (χ2n) is 6.10. The first kappa shape index (κ1) is 22.4. The number of carbonyl (C=O) groups excluding carboxylic acids is 2. The fraction of sp³-hybridized carbons (Fsp3) is 0.529. The van der Waals surface area contributed by atoms with Gasteiger partial charge in [-0.05, 0) is 37.5 Å². The SMILES string of the molecule is CC(C)OCc1cccc(NC(=O)CNC(=O)[C@@H](N)C(C)C)c1.Cl. The third kappa shape index (κ3) is 8.29. The molecule has 0 aliphatic rings. The first-order valence-corrected chi connectivity index (χ1v) is 7.83. The van der Waals surface area contributed by atoms with Gasteiger partial charge in [-0.3, -0.25) is 9.59 Å². The topological polar surface area (TPSA) is 93.5 Å². The highest BCUT2D eigenvalue weighted by Crippen LogP contribution is 2.12. The Morgan fingerprint density at radius 2 is 1.88 bits per heavy atom. The highest BCUT2D eigenvalue weighted by atomic mass is 35.5. The van der Waals surface area contributed by atoms with Gasteiger partial charge in [0.05, 0.1) is 25.3 Å². The Hall–Kier alpha value is -1.63. The molecule has 0 radical (unpaired) electrons. The maximum Gasteiger partial charge on any atom is 0.243 e. The lowest BCUT2D eigenvalue weighted by Gasteiger charge is -2.15. The Bertz CT molecular complexity index is 536. The molecule has 0 aliphatic heterocycles.